The molecule has 0 aromatic heterocycles. The molecule has 2 nitrogen and oxygen atoms in total. The Morgan fingerprint density at radius 2 is 2.17 bits per heavy atom. The number of halogens is 1. The monoisotopic (exact) mass is 309 g/mol. The van der Waals surface area contributed by atoms with Crippen LogP contribution in [0.3, 0.4) is 0 Å². The lowest BCUT2D eigenvalue weighted by molar-refractivity contribution is -0.120. The molecule has 1 aromatic carbocycles. The smallest absolute Gasteiger partial charge is 0.220 e. The molecule has 0 aliphatic carbocycles. The van der Waals surface area contributed by atoms with E-state index in [0.717, 1.165) is 17.3 Å². The maximum atomic E-state index is 11.6. The number of carbonyl (C=O) groups is 1. The van der Waals surface area contributed by atoms with Gasteiger partial charge in [-0.3, -0.25) is 4.79 Å². The minimum Gasteiger partial charge on any atom is -0.350 e. The van der Waals surface area contributed by atoms with Crippen LogP contribution in [0, 0.1) is 12.8 Å². The number of benzene rings is 1. The molecular formula is C15H20BrNO. The maximum Gasteiger partial charge on any atom is 0.220 e. The van der Waals surface area contributed by atoms with E-state index < -0.39 is 0 Å². The number of rotatable bonds is 3. The Kier molecular flexibility index (Phi) is 3.81. The number of amides is 1. The largest absolute Gasteiger partial charge is 0.350 e. The van der Waals surface area contributed by atoms with Crippen molar-refractivity contribution in [1.29, 1.82) is 0 Å². The summed E-state index contributed by atoms with van der Waals surface area (Å²) in [5.41, 5.74) is 2.45. The van der Waals surface area contributed by atoms with Gasteiger partial charge in [0.2, 0.25) is 5.91 Å². The van der Waals surface area contributed by atoms with Gasteiger partial charge in [-0.2, -0.15) is 0 Å². The van der Waals surface area contributed by atoms with Gasteiger partial charge in [-0.25, -0.2) is 0 Å². The van der Waals surface area contributed by atoms with Crippen molar-refractivity contribution in [3.05, 3.63) is 33.8 Å². The van der Waals surface area contributed by atoms with Crippen LogP contribution in [0.5, 0.6) is 0 Å². The molecule has 0 bridgehead atoms. The Labute approximate surface area is 117 Å². The zero-order valence-corrected chi connectivity index (χ0v) is 12.8. The molecule has 18 heavy (non-hydrogen) atoms. The fraction of sp³-hybridized carbons (Fsp3) is 0.533. The molecule has 1 N–H and O–H groups in total. The number of hydrogen-bond donors (Lipinski definition) is 1. The van der Waals surface area contributed by atoms with Gasteiger partial charge in [-0.15, -0.1) is 0 Å². The van der Waals surface area contributed by atoms with Crippen LogP contribution in [0.25, 0.3) is 0 Å². The maximum absolute atomic E-state index is 11.6. The lowest BCUT2D eigenvalue weighted by Crippen LogP contribution is -2.48. The van der Waals surface area contributed by atoms with Gasteiger partial charge in [0.1, 0.15) is 0 Å². The summed E-state index contributed by atoms with van der Waals surface area (Å²) in [4.78, 5) is 11.6. The average Bonchev–Trinajstić information content (AvgIpc) is 2.66. The second-order valence-electron chi connectivity index (χ2n) is 5.63. The third kappa shape index (κ3) is 2.61. The van der Waals surface area contributed by atoms with E-state index in [0.29, 0.717) is 12.3 Å². The second-order valence-corrected chi connectivity index (χ2v) is 6.48. The molecule has 0 spiro atoms. The van der Waals surface area contributed by atoms with E-state index in [1.807, 2.05) is 0 Å². The lowest BCUT2D eigenvalue weighted by atomic mass is 9.80. The van der Waals surface area contributed by atoms with Crippen LogP contribution in [0.15, 0.2) is 22.7 Å². The Morgan fingerprint density at radius 1 is 1.44 bits per heavy atom. The van der Waals surface area contributed by atoms with Crippen molar-refractivity contribution < 1.29 is 4.79 Å². The molecule has 2 rings (SSSR count). The van der Waals surface area contributed by atoms with E-state index in [1.165, 1.54) is 11.1 Å². The van der Waals surface area contributed by atoms with Crippen molar-refractivity contribution in [2.75, 3.05) is 0 Å². The Bertz CT molecular complexity index is 470. The van der Waals surface area contributed by atoms with E-state index in [2.05, 4.69) is 60.2 Å². The van der Waals surface area contributed by atoms with Crippen molar-refractivity contribution >= 4 is 21.8 Å². The molecule has 0 saturated carbocycles. The minimum atomic E-state index is -0.0745. The standard InChI is InChI=1S/C15H20BrNO/c1-10(2)15(7-6-14(18)17-15)9-12-5-4-11(3)8-13(12)16/h4-5,8,10H,6-7,9H2,1-3H3,(H,17,18). The van der Waals surface area contributed by atoms with Crippen molar-refractivity contribution in [2.45, 2.75) is 45.6 Å². The molecular weight excluding hydrogens is 290 g/mol. The molecule has 1 atom stereocenters. The molecule has 1 aliphatic rings. The summed E-state index contributed by atoms with van der Waals surface area (Å²) in [6, 6.07) is 6.43. The zero-order valence-electron chi connectivity index (χ0n) is 11.2. The third-order valence-corrected chi connectivity index (χ3v) is 4.74. The summed E-state index contributed by atoms with van der Waals surface area (Å²) >= 11 is 3.63. The van der Waals surface area contributed by atoms with Crippen LogP contribution in [0.1, 0.15) is 37.8 Å². The normalized spacial score (nSPS) is 23.5. The Balaban J connectivity index is 2.27. The van der Waals surface area contributed by atoms with Crippen LogP contribution in [-0.2, 0) is 11.2 Å². The molecule has 1 amide bonds. The van der Waals surface area contributed by atoms with E-state index in [-0.39, 0.29) is 11.4 Å². The number of aryl methyl sites for hydroxylation is 1. The topological polar surface area (TPSA) is 29.1 Å². The molecule has 1 aromatic rings. The average molecular weight is 310 g/mol. The molecule has 0 radical (unpaired) electrons. The van der Waals surface area contributed by atoms with Gasteiger partial charge in [-0.1, -0.05) is 41.9 Å². The van der Waals surface area contributed by atoms with E-state index in [1.54, 1.807) is 0 Å². The number of nitrogens with one attached hydrogen (secondary N) is 1. The van der Waals surface area contributed by atoms with Crippen molar-refractivity contribution in [3.63, 3.8) is 0 Å². The fourth-order valence-corrected chi connectivity index (χ4v) is 3.28. The first-order valence-corrected chi connectivity index (χ1v) is 7.28. The van der Waals surface area contributed by atoms with Gasteiger partial charge in [0.25, 0.3) is 0 Å². The predicted octanol–water partition coefficient (Wildman–Crippen LogP) is 3.60. The highest BCUT2D eigenvalue weighted by atomic mass is 79.9. The van der Waals surface area contributed by atoms with Crippen LogP contribution in [0.2, 0.25) is 0 Å². The van der Waals surface area contributed by atoms with Crippen molar-refractivity contribution in [3.8, 4) is 0 Å². The number of hydrogen-bond acceptors (Lipinski definition) is 1. The summed E-state index contributed by atoms with van der Waals surface area (Å²) < 4.78 is 1.14. The van der Waals surface area contributed by atoms with Gasteiger partial charge in [0.05, 0.1) is 0 Å². The molecule has 1 unspecified atom stereocenters. The molecule has 1 aliphatic heterocycles. The highest BCUT2D eigenvalue weighted by Gasteiger charge is 2.40. The highest BCUT2D eigenvalue weighted by molar-refractivity contribution is 9.10. The third-order valence-electron chi connectivity index (χ3n) is 4.01. The summed E-state index contributed by atoms with van der Waals surface area (Å²) in [6.07, 6.45) is 2.49. The van der Waals surface area contributed by atoms with Crippen molar-refractivity contribution in [2.24, 2.45) is 5.92 Å². The Hall–Kier alpha value is -0.830. The summed E-state index contributed by atoms with van der Waals surface area (Å²) in [6.45, 7) is 6.46. The first-order valence-electron chi connectivity index (χ1n) is 6.49. The molecule has 1 fully saturated rings. The van der Waals surface area contributed by atoms with Crippen LogP contribution in [-0.4, -0.2) is 11.4 Å². The van der Waals surface area contributed by atoms with Crippen molar-refractivity contribution in [1.82, 2.24) is 5.32 Å². The first kappa shape index (κ1) is 13.6. The van der Waals surface area contributed by atoms with Gasteiger partial charge >= 0.3 is 0 Å². The predicted molar refractivity (Wildman–Crippen MR) is 77.5 cm³/mol. The summed E-state index contributed by atoms with van der Waals surface area (Å²) in [5, 5.41) is 3.20. The molecule has 3 heteroatoms. The highest BCUT2D eigenvalue weighted by Crippen LogP contribution is 2.34. The molecule has 98 valence electrons. The van der Waals surface area contributed by atoms with Crippen LogP contribution < -0.4 is 5.32 Å². The van der Waals surface area contributed by atoms with Gasteiger partial charge < -0.3 is 5.32 Å². The summed E-state index contributed by atoms with van der Waals surface area (Å²) in [7, 11) is 0. The number of carbonyl (C=O) groups excluding carboxylic acids is 1. The fourth-order valence-electron chi connectivity index (χ4n) is 2.64. The van der Waals surface area contributed by atoms with E-state index >= 15 is 0 Å². The minimum absolute atomic E-state index is 0.0745. The van der Waals surface area contributed by atoms with E-state index in [9.17, 15) is 4.79 Å². The SMILES string of the molecule is Cc1ccc(CC2(C(C)C)CCC(=O)N2)c(Br)c1. The second kappa shape index (κ2) is 5.04. The van der Waals surface area contributed by atoms with E-state index in [4.69, 9.17) is 0 Å². The Morgan fingerprint density at radius 3 is 2.67 bits per heavy atom. The lowest BCUT2D eigenvalue weighted by Gasteiger charge is -2.34. The van der Waals surface area contributed by atoms with Gasteiger partial charge in [-0.05, 0) is 42.9 Å². The van der Waals surface area contributed by atoms with Gasteiger partial charge in [0, 0.05) is 16.4 Å². The quantitative estimate of drug-likeness (QED) is 0.908. The van der Waals surface area contributed by atoms with Crippen LogP contribution in [0.4, 0.5) is 0 Å². The first-order chi connectivity index (χ1) is 8.43. The zero-order chi connectivity index (χ0) is 13.3. The van der Waals surface area contributed by atoms with Gasteiger partial charge in [0.15, 0.2) is 0 Å². The molecule has 1 heterocycles. The summed E-state index contributed by atoms with van der Waals surface area (Å²) in [5.74, 6) is 0.629. The molecule has 1 saturated heterocycles. The van der Waals surface area contributed by atoms with Crippen LogP contribution >= 0.6 is 15.9 Å².